The van der Waals surface area contributed by atoms with Gasteiger partial charge in [-0.05, 0) is 0 Å². The molecule has 2 unspecified atom stereocenters. The fourth-order valence-electron chi connectivity index (χ4n) is 0.315. The minimum absolute atomic E-state index is 0.834. The molecule has 6 heteroatoms. The van der Waals surface area contributed by atoms with Crippen LogP contribution < -0.4 is 0 Å². The summed E-state index contributed by atoms with van der Waals surface area (Å²) >= 11 is -2.25. The molecule has 0 amide bonds. The number of rotatable bonds is 0. The first-order chi connectivity index (χ1) is 4.02. The summed E-state index contributed by atoms with van der Waals surface area (Å²) in [5, 5.41) is 0. The molecule has 1 aliphatic heterocycles. The molecule has 0 aromatic carbocycles. The predicted molar refractivity (Wildman–Crippen MR) is 24.8 cm³/mol. The third-order valence-electron chi connectivity index (χ3n) is 0.733. The number of alkyl halides is 1. The third kappa shape index (κ3) is 1.08. The van der Waals surface area contributed by atoms with E-state index >= 15 is 0 Å². The van der Waals surface area contributed by atoms with Crippen molar-refractivity contribution in [2.24, 2.45) is 0 Å². The maximum absolute atomic E-state index is 12.4. The van der Waals surface area contributed by atoms with Gasteiger partial charge in [-0.25, -0.2) is 8.98 Å². The second-order valence-corrected chi connectivity index (χ2v) is 2.32. The van der Waals surface area contributed by atoms with Crippen molar-refractivity contribution < 1.29 is 21.8 Å². The van der Waals surface area contributed by atoms with E-state index in [0.29, 0.717) is 0 Å². The molecule has 0 radical (unpaired) electrons. The van der Waals surface area contributed by atoms with Gasteiger partial charge in [-0.1, -0.05) is 0 Å². The minimum Gasteiger partial charge on any atom is -0.338 e. The maximum Gasteiger partial charge on any atom is 0.388 e. The van der Waals surface area contributed by atoms with Crippen molar-refractivity contribution in [2.45, 2.75) is 12.8 Å². The molecule has 0 N–H and O–H groups in total. The predicted octanol–water partition coefficient (Wildman–Crippen LogP) is -0.176. The van der Waals surface area contributed by atoms with Crippen LogP contribution in [0.15, 0.2) is 0 Å². The number of hydrogen-bond acceptors (Lipinski definition) is 4. The Bertz CT molecular complexity index is 177. The molecule has 52 valence electrons. The largest absolute Gasteiger partial charge is 0.388 e. The summed E-state index contributed by atoms with van der Waals surface area (Å²) in [6, 6.07) is 0. The molecule has 1 fully saturated rings. The van der Waals surface area contributed by atoms with Crippen LogP contribution in [0, 0.1) is 0 Å². The molecule has 9 heavy (non-hydrogen) atoms. The first-order valence-corrected chi connectivity index (χ1v) is 3.05. The Hall–Kier alpha value is -0.490. The van der Waals surface area contributed by atoms with Crippen molar-refractivity contribution in [2.75, 3.05) is 0 Å². The summed E-state index contributed by atoms with van der Waals surface area (Å²) in [6.07, 6.45) is 0. The zero-order valence-corrected chi connectivity index (χ0v) is 5.24. The van der Waals surface area contributed by atoms with Crippen LogP contribution in [0.3, 0.4) is 0 Å². The standard InChI is InChI=1S/C3H3FO4S/c1-3(4)2(5)7-9(6)8-3/h1H3. The average molecular weight is 154 g/mol. The summed E-state index contributed by atoms with van der Waals surface area (Å²) < 4.78 is 30.1. The highest BCUT2D eigenvalue weighted by Crippen LogP contribution is 2.23. The van der Waals surface area contributed by atoms with E-state index in [1.54, 1.807) is 0 Å². The monoisotopic (exact) mass is 154 g/mol. The Morgan fingerprint density at radius 1 is 1.78 bits per heavy atom. The van der Waals surface area contributed by atoms with Gasteiger partial charge in [0.25, 0.3) is 0 Å². The molecule has 0 aromatic heterocycles. The van der Waals surface area contributed by atoms with Gasteiger partial charge < -0.3 is 4.18 Å². The van der Waals surface area contributed by atoms with Crippen molar-refractivity contribution in [3.63, 3.8) is 0 Å². The van der Waals surface area contributed by atoms with Crippen LogP contribution >= 0.6 is 0 Å². The fraction of sp³-hybridized carbons (Fsp3) is 0.667. The van der Waals surface area contributed by atoms with E-state index in [4.69, 9.17) is 0 Å². The van der Waals surface area contributed by atoms with E-state index in [2.05, 4.69) is 8.37 Å². The summed E-state index contributed by atoms with van der Waals surface area (Å²) in [5.74, 6) is -3.79. The molecule has 0 spiro atoms. The van der Waals surface area contributed by atoms with Crippen LogP contribution in [0.1, 0.15) is 6.92 Å². The van der Waals surface area contributed by atoms with Crippen LogP contribution in [0.5, 0.6) is 0 Å². The SMILES string of the molecule is CC1(F)OS(=O)OC1=O. The van der Waals surface area contributed by atoms with Gasteiger partial charge in [0.05, 0.1) is 0 Å². The molecule has 0 saturated carbocycles. The average Bonchev–Trinajstić information content (AvgIpc) is 1.79. The Kier molecular flexibility index (Phi) is 1.28. The lowest BCUT2D eigenvalue weighted by Gasteiger charge is -2.00. The molecular weight excluding hydrogens is 151 g/mol. The van der Waals surface area contributed by atoms with E-state index in [0.717, 1.165) is 6.92 Å². The molecule has 1 saturated heterocycles. The van der Waals surface area contributed by atoms with Crippen LogP contribution in [0.25, 0.3) is 0 Å². The summed E-state index contributed by atoms with van der Waals surface area (Å²) in [4.78, 5) is 10.2. The van der Waals surface area contributed by atoms with Crippen molar-refractivity contribution in [1.29, 1.82) is 0 Å². The molecule has 0 aromatic rings. The quantitative estimate of drug-likeness (QED) is 0.485. The number of carbonyl (C=O) groups excluding carboxylic acids is 1. The number of hydrogen-bond donors (Lipinski definition) is 0. The lowest BCUT2D eigenvalue weighted by atomic mass is 10.4. The van der Waals surface area contributed by atoms with Gasteiger partial charge >= 0.3 is 23.2 Å². The highest BCUT2D eigenvalue weighted by atomic mass is 32.2. The second-order valence-electron chi connectivity index (χ2n) is 1.58. The molecular formula is C3H3FO4S. The highest BCUT2D eigenvalue weighted by Gasteiger charge is 2.47. The van der Waals surface area contributed by atoms with Crippen LogP contribution in [-0.4, -0.2) is 16.0 Å². The lowest BCUT2D eigenvalue weighted by Crippen LogP contribution is -2.25. The van der Waals surface area contributed by atoms with Gasteiger partial charge in [-0.15, -0.1) is 0 Å². The molecule has 0 aliphatic carbocycles. The molecule has 0 bridgehead atoms. The van der Waals surface area contributed by atoms with Gasteiger partial charge in [0.15, 0.2) is 0 Å². The van der Waals surface area contributed by atoms with Gasteiger partial charge in [0.2, 0.25) is 0 Å². The summed E-state index contributed by atoms with van der Waals surface area (Å²) in [5.41, 5.74) is 0. The first-order valence-electron chi connectivity index (χ1n) is 2.05. The topological polar surface area (TPSA) is 52.6 Å². The van der Waals surface area contributed by atoms with Crippen LogP contribution in [-0.2, 0) is 24.5 Å². The molecule has 1 rings (SSSR count). The van der Waals surface area contributed by atoms with E-state index in [1.807, 2.05) is 0 Å². The highest BCUT2D eigenvalue weighted by molar-refractivity contribution is 7.76. The summed E-state index contributed by atoms with van der Waals surface area (Å²) in [6.45, 7) is 0.834. The van der Waals surface area contributed by atoms with Gasteiger partial charge in [0, 0.05) is 6.92 Å². The van der Waals surface area contributed by atoms with E-state index < -0.39 is 23.2 Å². The smallest absolute Gasteiger partial charge is 0.338 e. The normalized spacial score (nSPS) is 42.9. The Morgan fingerprint density at radius 3 is 2.44 bits per heavy atom. The third-order valence-corrected chi connectivity index (χ3v) is 1.47. The Morgan fingerprint density at radius 2 is 2.33 bits per heavy atom. The molecule has 4 nitrogen and oxygen atoms in total. The van der Waals surface area contributed by atoms with E-state index in [1.165, 1.54) is 0 Å². The number of carbonyl (C=O) groups is 1. The van der Waals surface area contributed by atoms with E-state index in [-0.39, 0.29) is 0 Å². The molecule has 1 heterocycles. The Balaban J connectivity index is 2.81. The van der Waals surface area contributed by atoms with Crippen LogP contribution in [0.2, 0.25) is 0 Å². The molecule has 2 atom stereocenters. The second kappa shape index (κ2) is 1.74. The van der Waals surface area contributed by atoms with Crippen molar-refractivity contribution in [3.05, 3.63) is 0 Å². The van der Waals surface area contributed by atoms with Crippen molar-refractivity contribution >= 4 is 17.3 Å². The van der Waals surface area contributed by atoms with Gasteiger partial charge in [-0.2, -0.15) is 8.60 Å². The zero-order valence-electron chi connectivity index (χ0n) is 4.42. The minimum atomic E-state index is -2.54. The fourth-order valence-corrected chi connectivity index (χ4v) is 0.945. The first kappa shape index (κ1) is 6.63. The number of halogens is 1. The zero-order chi connectivity index (χ0) is 7.07. The lowest BCUT2D eigenvalue weighted by molar-refractivity contribution is -0.154. The van der Waals surface area contributed by atoms with Gasteiger partial charge in [0.1, 0.15) is 0 Å². The Labute approximate surface area is 52.8 Å². The van der Waals surface area contributed by atoms with Crippen LogP contribution in [0.4, 0.5) is 4.39 Å². The van der Waals surface area contributed by atoms with Gasteiger partial charge in [-0.3, -0.25) is 0 Å². The van der Waals surface area contributed by atoms with Crippen molar-refractivity contribution in [1.82, 2.24) is 0 Å². The molecule has 1 aliphatic rings. The van der Waals surface area contributed by atoms with Crippen molar-refractivity contribution in [3.8, 4) is 0 Å². The van der Waals surface area contributed by atoms with E-state index in [9.17, 15) is 13.4 Å². The maximum atomic E-state index is 12.4. The summed E-state index contributed by atoms with van der Waals surface area (Å²) in [7, 11) is 0.